The number of nitrogens with zero attached hydrogens (tertiary/aromatic N) is 2. The number of hydrogen-bond donors (Lipinski definition) is 1. The average molecular weight is 391 g/mol. The van der Waals surface area contributed by atoms with Crippen molar-refractivity contribution in [2.45, 2.75) is 18.9 Å². The maximum Gasteiger partial charge on any atom is 0.244 e. The fraction of sp³-hybridized carbons (Fsp3) is 0.304. The van der Waals surface area contributed by atoms with Gasteiger partial charge in [-0.3, -0.25) is 9.69 Å². The molecule has 0 radical (unpaired) electrons. The molecule has 1 aromatic heterocycles. The first kappa shape index (κ1) is 19.2. The van der Waals surface area contributed by atoms with E-state index in [4.69, 9.17) is 9.15 Å². The molecule has 6 nitrogen and oxygen atoms in total. The number of oxazole rings is 1. The lowest BCUT2D eigenvalue weighted by Crippen LogP contribution is -2.36. The molecule has 2 aromatic carbocycles. The van der Waals surface area contributed by atoms with Crippen molar-refractivity contribution in [1.82, 2.24) is 15.2 Å². The van der Waals surface area contributed by atoms with E-state index in [0.29, 0.717) is 18.0 Å². The standard InChI is InChI=1S/C23H25N3O3/c1-28-18-8-6-7-17(15-18)20(26-13-4-5-14-26)16-24-22(27)11-12-23-25-19-9-2-3-10-21(19)29-23/h2-3,6-12,15,20H,4-5,13-14,16H2,1H3,(H,24,27)/b12-11+. The van der Waals surface area contributed by atoms with Gasteiger partial charge >= 0.3 is 0 Å². The number of ether oxygens (including phenoxy) is 1. The van der Waals surface area contributed by atoms with Crippen LogP contribution in [0.1, 0.15) is 30.3 Å². The molecule has 150 valence electrons. The third-order valence-corrected chi connectivity index (χ3v) is 5.22. The summed E-state index contributed by atoms with van der Waals surface area (Å²) in [5.41, 5.74) is 2.63. The van der Waals surface area contributed by atoms with E-state index in [9.17, 15) is 4.79 Å². The first-order valence-electron chi connectivity index (χ1n) is 9.92. The highest BCUT2D eigenvalue weighted by Gasteiger charge is 2.24. The maximum absolute atomic E-state index is 12.4. The molecule has 6 heteroatoms. The molecule has 1 atom stereocenters. The molecule has 1 aliphatic rings. The Morgan fingerprint density at radius 2 is 2.07 bits per heavy atom. The molecule has 1 aliphatic heterocycles. The maximum atomic E-state index is 12.4. The number of para-hydroxylation sites is 2. The monoisotopic (exact) mass is 391 g/mol. The van der Waals surface area contributed by atoms with Crippen LogP contribution in [0.4, 0.5) is 0 Å². The van der Waals surface area contributed by atoms with Crippen LogP contribution in [-0.2, 0) is 4.79 Å². The van der Waals surface area contributed by atoms with E-state index in [-0.39, 0.29) is 11.9 Å². The van der Waals surface area contributed by atoms with E-state index in [1.807, 2.05) is 42.5 Å². The summed E-state index contributed by atoms with van der Waals surface area (Å²) in [5, 5.41) is 3.02. The van der Waals surface area contributed by atoms with Crippen molar-refractivity contribution >= 4 is 23.1 Å². The first-order valence-corrected chi connectivity index (χ1v) is 9.92. The van der Waals surface area contributed by atoms with Crippen molar-refractivity contribution in [2.75, 3.05) is 26.7 Å². The van der Waals surface area contributed by atoms with Crippen molar-refractivity contribution < 1.29 is 13.9 Å². The minimum absolute atomic E-state index is 0.120. The minimum Gasteiger partial charge on any atom is -0.497 e. The van der Waals surface area contributed by atoms with Crippen molar-refractivity contribution in [3.05, 3.63) is 66.1 Å². The van der Waals surface area contributed by atoms with Crippen LogP contribution in [-0.4, -0.2) is 42.5 Å². The van der Waals surface area contributed by atoms with Gasteiger partial charge in [0, 0.05) is 18.7 Å². The molecule has 4 rings (SSSR count). The Balaban J connectivity index is 1.42. The summed E-state index contributed by atoms with van der Waals surface area (Å²) >= 11 is 0. The number of benzene rings is 2. The smallest absolute Gasteiger partial charge is 0.244 e. The van der Waals surface area contributed by atoms with Crippen LogP contribution in [0.2, 0.25) is 0 Å². The fourth-order valence-electron chi connectivity index (χ4n) is 3.72. The van der Waals surface area contributed by atoms with E-state index in [0.717, 1.165) is 29.9 Å². The highest BCUT2D eigenvalue weighted by atomic mass is 16.5. The third kappa shape index (κ3) is 4.66. The molecule has 0 bridgehead atoms. The number of rotatable bonds is 7. The SMILES string of the molecule is COc1cccc(C(CNC(=O)/C=C/c2nc3ccccc3o2)N2CCCC2)c1. The van der Waals surface area contributed by atoms with Gasteiger partial charge in [0.25, 0.3) is 0 Å². The van der Waals surface area contributed by atoms with Gasteiger partial charge in [-0.05, 0) is 55.8 Å². The van der Waals surface area contributed by atoms with Crippen molar-refractivity contribution in [3.8, 4) is 5.75 Å². The molecule has 1 amide bonds. The summed E-state index contributed by atoms with van der Waals surface area (Å²) < 4.78 is 11.0. The summed E-state index contributed by atoms with van der Waals surface area (Å²) in [4.78, 5) is 19.2. The number of carbonyl (C=O) groups excluding carboxylic acids is 1. The van der Waals surface area contributed by atoms with Crippen LogP contribution in [0.3, 0.4) is 0 Å². The molecule has 0 saturated carbocycles. The first-order chi connectivity index (χ1) is 14.2. The molecule has 29 heavy (non-hydrogen) atoms. The largest absolute Gasteiger partial charge is 0.497 e. The van der Waals surface area contributed by atoms with Gasteiger partial charge in [-0.2, -0.15) is 0 Å². The zero-order valence-corrected chi connectivity index (χ0v) is 16.5. The third-order valence-electron chi connectivity index (χ3n) is 5.22. The summed E-state index contributed by atoms with van der Waals surface area (Å²) in [6, 6.07) is 15.7. The number of methoxy groups -OCH3 is 1. The summed E-state index contributed by atoms with van der Waals surface area (Å²) in [5.74, 6) is 1.08. The van der Waals surface area contributed by atoms with Gasteiger partial charge in [0.05, 0.1) is 13.2 Å². The lowest BCUT2D eigenvalue weighted by molar-refractivity contribution is -0.116. The number of hydrogen-bond acceptors (Lipinski definition) is 5. The predicted molar refractivity (Wildman–Crippen MR) is 113 cm³/mol. The summed E-state index contributed by atoms with van der Waals surface area (Å²) in [7, 11) is 1.67. The summed E-state index contributed by atoms with van der Waals surface area (Å²) in [6.45, 7) is 2.61. The Morgan fingerprint density at radius 1 is 1.24 bits per heavy atom. The zero-order chi connectivity index (χ0) is 20.1. The molecular formula is C23H25N3O3. The number of carbonyl (C=O) groups is 1. The highest BCUT2D eigenvalue weighted by Crippen LogP contribution is 2.27. The number of fused-ring (bicyclic) bond motifs is 1. The lowest BCUT2D eigenvalue weighted by atomic mass is 10.0. The van der Waals surface area contributed by atoms with E-state index in [1.54, 1.807) is 13.2 Å². The van der Waals surface area contributed by atoms with Crippen LogP contribution in [0.25, 0.3) is 17.2 Å². The summed E-state index contributed by atoms with van der Waals surface area (Å²) in [6.07, 6.45) is 5.45. The van der Waals surface area contributed by atoms with Gasteiger partial charge in [0.2, 0.25) is 11.8 Å². The van der Waals surface area contributed by atoms with Crippen LogP contribution >= 0.6 is 0 Å². The molecule has 2 heterocycles. The van der Waals surface area contributed by atoms with Gasteiger partial charge in [0.15, 0.2) is 5.58 Å². The Morgan fingerprint density at radius 3 is 2.86 bits per heavy atom. The van der Waals surface area contributed by atoms with Crippen LogP contribution in [0.5, 0.6) is 5.75 Å². The second kappa shape index (κ2) is 8.92. The van der Waals surface area contributed by atoms with Gasteiger partial charge < -0.3 is 14.5 Å². The van der Waals surface area contributed by atoms with Crippen LogP contribution in [0.15, 0.2) is 59.0 Å². The molecule has 1 unspecified atom stereocenters. The van der Waals surface area contributed by atoms with Gasteiger partial charge in [0.1, 0.15) is 11.3 Å². The van der Waals surface area contributed by atoms with Crippen molar-refractivity contribution in [3.63, 3.8) is 0 Å². The Labute approximate surface area is 170 Å². The van der Waals surface area contributed by atoms with Crippen LogP contribution in [0, 0.1) is 0 Å². The van der Waals surface area contributed by atoms with Gasteiger partial charge in [-0.1, -0.05) is 24.3 Å². The molecule has 1 saturated heterocycles. The Kier molecular flexibility index (Phi) is 5.91. The fourth-order valence-corrected chi connectivity index (χ4v) is 3.72. The number of amides is 1. The second-order valence-electron chi connectivity index (χ2n) is 7.13. The number of nitrogens with one attached hydrogen (secondary N) is 1. The number of likely N-dealkylation sites (tertiary alicyclic amines) is 1. The highest BCUT2D eigenvalue weighted by molar-refractivity contribution is 5.91. The van der Waals surface area contributed by atoms with E-state index < -0.39 is 0 Å². The molecule has 0 aliphatic carbocycles. The minimum atomic E-state index is -0.167. The van der Waals surface area contributed by atoms with Crippen molar-refractivity contribution in [2.24, 2.45) is 0 Å². The van der Waals surface area contributed by atoms with E-state index in [1.165, 1.54) is 18.9 Å². The lowest BCUT2D eigenvalue weighted by Gasteiger charge is -2.28. The molecule has 1 N–H and O–H groups in total. The normalized spacial score (nSPS) is 15.8. The molecular weight excluding hydrogens is 366 g/mol. The average Bonchev–Trinajstić information content (AvgIpc) is 3.42. The Bertz CT molecular complexity index is 972. The predicted octanol–water partition coefficient (Wildman–Crippen LogP) is 3.80. The van der Waals surface area contributed by atoms with Crippen LogP contribution < -0.4 is 10.1 Å². The molecule has 3 aromatic rings. The molecule has 0 spiro atoms. The van der Waals surface area contributed by atoms with Gasteiger partial charge in [-0.25, -0.2) is 4.98 Å². The topological polar surface area (TPSA) is 67.6 Å². The Hall–Kier alpha value is -3.12. The van der Waals surface area contributed by atoms with E-state index in [2.05, 4.69) is 21.3 Å². The van der Waals surface area contributed by atoms with Crippen molar-refractivity contribution in [1.29, 1.82) is 0 Å². The second-order valence-corrected chi connectivity index (χ2v) is 7.13. The molecule has 1 fully saturated rings. The quantitative estimate of drug-likeness (QED) is 0.621. The number of aromatic nitrogens is 1. The van der Waals surface area contributed by atoms with E-state index >= 15 is 0 Å². The van der Waals surface area contributed by atoms with Gasteiger partial charge in [-0.15, -0.1) is 0 Å². The zero-order valence-electron chi connectivity index (χ0n) is 16.5.